The minimum absolute atomic E-state index is 0.0566. The van der Waals surface area contributed by atoms with Gasteiger partial charge in [-0.1, -0.05) is 57.2 Å². The lowest BCUT2D eigenvalue weighted by atomic mass is 9.85. The number of carbonyl (C=O) groups is 2. The average molecular weight is 516 g/mol. The summed E-state index contributed by atoms with van der Waals surface area (Å²) in [7, 11) is 0. The van der Waals surface area contributed by atoms with Crippen molar-refractivity contribution in [3.05, 3.63) is 106 Å². The van der Waals surface area contributed by atoms with Crippen LogP contribution >= 0.6 is 0 Å². The van der Waals surface area contributed by atoms with Crippen molar-refractivity contribution in [3.8, 4) is 5.75 Å². The van der Waals surface area contributed by atoms with Crippen molar-refractivity contribution in [1.82, 2.24) is 4.90 Å². The molecular formula is C32H34FNO4. The van der Waals surface area contributed by atoms with Gasteiger partial charge in [0.1, 0.15) is 17.3 Å². The molecule has 0 bridgehead atoms. The van der Waals surface area contributed by atoms with Gasteiger partial charge in [-0.15, -0.1) is 0 Å². The molecule has 1 heterocycles. The Balaban J connectivity index is 1.78. The number of nitrogens with zero attached hydrogens (tertiary/aromatic N) is 1. The summed E-state index contributed by atoms with van der Waals surface area (Å²) in [5.74, 6) is -1.25. The maximum atomic E-state index is 13.4. The van der Waals surface area contributed by atoms with Gasteiger partial charge in [0.2, 0.25) is 0 Å². The number of hydrogen-bond acceptors (Lipinski definition) is 4. The van der Waals surface area contributed by atoms with Crippen LogP contribution in [-0.4, -0.2) is 34.8 Å². The number of hydrogen-bond donors (Lipinski definition) is 1. The van der Waals surface area contributed by atoms with E-state index in [0.29, 0.717) is 24.3 Å². The minimum atomic E-state index is -0.753. The van der Waals surface area contributed by atoms with Crippen molar-refractivity contribution < 1.29 is 23.8 Å². The highest BCUT2D eigenvalue weighted by atomic mass is 19.1. The molecule has 5 nitrogen and oxygen atoms in total. The van der Waals surface area contributed by atoms with E-state index < -0.39 is 17.7 Å². The number of Topliss-reactive ketones (excluding diaryl/α,β-unsaturated/α-hetero) is 1. The van der Waals surface area contributed by atoms with Crippen LogP contribution < -0.4 is 4.74 Å². The molecule has 1 atom stereocenters. The Bertz CT molecular complexity index is 1370. The zero-order chi connectivity index (χ0) is 27.6. The first-order valence-corrected chi connectivity index (χ1v) is 12.9. The van der Waals surface area contributed by atoms with Crippen LogP contribution in [0.2, 0.25) is 0 Å². The highest BCUT2D eigenvalue weighted by molar-refractivity contribution is 6.46. The molecular weight excluding hydrogens is 481 g/mol. The second-order valence-corrected chi connectivity index (χ2v) is 10.7. The van der Waals surface area contributed by atoms with Crippen LogP contribution in [0.5, 0.6) is 5.75 Å². The van der Waals surface area contributed by atoms with Crippen LogP contribution in [0.1, 0.15) is 61.6 Å². The van der Waals surface area contributed by atoms with Crippen LogP contribution in [0.25, 0.3) is 5.76 Å². The van der Waals surface area contributed by atoms with Crippen LogP contribution in [0.3, 0.4) is 0 Å². The molecule has 1 N–H and O–H groups in total. The summed E-state index contributed by atoms with van der Waals surface area (Å²) in [5, 5.41) is 11.4. The normalized spacial score (nSPS) is 17.2. The third-order valence-electron chi connectivity index (χ3n) is 6.94. The molecule has 0 spiro atoms. The molecule has 198 valence electrons. The summed E-state index contributed by atoms with van der Waals surface area (Å²) in [4.78, 5) is 28.2. The van der Waals surface area contributed by atoms with Crippen LogP contribution in [0.4, 0.5) is 4.39 Å². The van der Waals surface area contributed by atoms with Gasteiger partial charge in [0.15, 0.2) is 0 Å². The Morgan fingerprint density at radius 2 is 1.66 bits per heavy atom. The zero-order valence-electron chi connectivity index (χ0n) is 22.5. The average Bonchev–Trinajstić information content (AvgIpc) is 3.13. The van der Waals surface area contributed by atoms with E-state index in [4.69, 9.17) is 4.74 Å². The molecule has 6 heteroatoms. The Morgan fingerprint density at radius 1 is 1.00 bits per heavy atom. The summed E-state index contributed by atoms with van der Waals surface area (Å²) < 4.78 is 19.0. The van der Waals surface area contributed by atoms with Crippen molar-refractivity contribution >= 4 is 17.4 Å². The van der Waals surface area contributed by atoms with Crippen molar-refractivity contribution in [2.45, 2.75) is 52.5 Å². The van der Waals surface area contributed by atoms with Gasteiger partial charge in [0.05, 0.1) is 18.2 Å². The van der Waals surface area contributed by atoms with Crippen molar-refractivity contribution in [2.24, 2.45) is 0 Å². The van der Waals surface area contributed by atoms with Crippen molar-refractivity contribution in [3.63, 3.8) is 0 Å². The third kappa shape index (κ3) is 5.49. The number of carbonyl (C=O) groups excluding carboxylic acids is 2. The quantitative estimate of drug-likeness (QED) is 0.222. The SMILES string of the molecule is CCOc1ccc(/C(O)=C2/C(=O)C(=O)N(CCc3ccc(F)cc3)C2c2ccc(C(C)(C)C)cc2)cc1C. The maximum Gasteiger partial charge on any atom is 0.295 e. The fourth-order valence-electron chi connectivity index (χ4n) is 4.79. The number of aliphatic hydroxyl groups is 1. The molecule has 0 aliphatic carbocycles. The number of halogens is 1. The molecule has 1 amide bonds. The molecule has 0 saturated carbocycles. The number of aryl methyl sites for hydroxylation is 1. The maximum absolute atomic E-state index is 13.4. The second kappa shape index (κ2) is 10.8. The van der Waals surface area contributed by atoms with E-state index in [0.717, 1.165) is 22.3 Å². The first-order chi connectivity index (χ1) is 18.0. The van der Waals surface area contributed by atoms with Gasteiger partial charge >= 0.3 is 0 Å². The Labute approximate surface area is 223 Å². The van der Waals surface area contributed by atoms with Gasteiger partial charge in [0.25, 0.3) is 11.7 Å². The van der Waals surface area contributed by atoms with Gasteiger partial charge in [0, 0.05) is 12.1 Å². The number of likely N-dealkylation sites (tertiary alicyclic amines) is 1. The standard InChI is InChI=1S/C32H34FNO4/c1-6-38-26-16-11-23(19-20(26)2)29(35)27-28(22-9-12-24(13-10-22)32(3,4)5)34(31(37)30(27)36)18-17-21-7-14-25(33)15-8-21/h7-16,19,28,35H,6,17-18H2,1-5H3/b29-27-. The molecule has 0 aromatic heterocycles. The van der Waals surface area contributed by atoms with E-state index in [1.165, 1.54) is 17.0 Å². The molecule has 1 aliphatic rings. The van der Waals surface area contributed by atoms with E-state index in [-0.39, 0.29) is 29.1 Å². The summed E-state index contributed by atoms with van der Waals surface area (Å²) >= 11 is 0. The van der Waals surface area contributed by atoms with Crippen LogP contribution in [0.15, 0.2) is 72.3 Å². The molecule has 1 fully saturated rings. The smallest absolute Gasteiger partial charge is 0.295 e. The van der Waals surface area contributed by atoms with Crippen LogP contribution in [0, 0.1) is 12.7 Å². The number of benzene rings is 3. The van der Waals surface area contributed by atoms with E-state index >= 15 is 0 Å². The molecule has 1 saturated heterocycles. The predicted octanol–water partition coefficient (Wildman–Crippen LogP) is 6.49. The molecule has 3 aromatic carbocycles. The van der Waals surface area contributed by atoms with Crippen LogP contribution in [-0.2, 0) is 21.4 Å². The fraction of sp³-hybridized carbons (Fsp3) is 0.312. The molecule has 3 aromatic rings. The monoisotopic (exact) mass is 515 g/mol. The van der Waals surface area contributed by atoms with Gasteiger partial charge in [-0.3, -0.25) is 9.59 Å². The number of amides is 1. The number of ether oxygens (including phenoxy) is 1. The van der Waals surface area contributed by atoms with Crippen molar-refractivity contribution in [1.29, 1.82) is 0 Å². The first kappa shape index (κ1) is 27.1. The second-order valence-electron chi connectivity index (χ2n) is 10.7. The number of ketones is 1. The van der Waals surface area contributed by atoms with E-state index in [2.05, 4.69) is 20.8 Å². The lowest BCUT2D eigenvalue weighted by Crippen LogP contribution is -2.31. The fourth-order valence-corrected chi connectivity index (χ4v) is 4.79. The Morgan fingerprint density at radius 3 is 2.24 bits per heavy atom. The van der Waals surface area contributed by atoms with Gasteiger partial charge in [-0.2, -0.15) is 0 Å². The van der Waals surface area contributed by atoms with Gasteiger partial charge in [-0.05, 0) is 78.3 Å². The molecule has 1 unspecified atom stereocenters. The van der Waals surface area contributed by atoms with E-state index in [1.54, 1.807) is 30.3 Å². The lowest BCUT2D eigenvalue weighted by molar-refractivity contribution is -0.139. The van der Waals surface area contributed by atoms with Gasteiger partial charge in [-0.25, -0.2) is 4.39 Å². The summed E-state index contributed by atoms with van der Waals surface area (Å²) in [5.41, 5.74) is 3.94. The van der Waals surface area contributed by atoms with E-state index in [9.17, 15) is 19.1 Å². The van der Waals surface area contributed by atoms with Gasteiger partial charge < -0.3 is 14.7 Å². The molecule has 0 radical (unpaired) electrons. The first-order valence-electron chi connectivity index (χ1n) is 12.9. The summed E-state index contributed by atoms with van der Waals surface area (Å²) in [6, 6.07) is 18.4. The largest absolute Gasteiger partial charge is 0.507 e. The van der Waals surface area contributed by atoms with E-state index in [1.807, 2.05) is 38.1 Å². The third-order valence-corrected chi connectivity index (χ3v) is 6.94. The number of aliphatic hydroxyl groups excluding tert-OH is 1. The van der Waals surface area contributed by atoms with Crippen molar-refractivity contribution in [2.75, 3.05) is 13.2 Å². The zero-order valence-corrected chi connectivity index (χ0v) is 22.5. The molecule has 38 heavy (non-hydrogen) atoms. The highest BCUT2D eigenvalue weighted by Gasteiger charge is 2.46. The predicted molar refractivity (Wildman–Crippen MR) is 147 cm³/mol. The number of rotatable bonds is 7. The topological polar surface area (TPSA) is 66.8 Å². The highest BCUT2D eigenvalue weighted by Crippen LogP contribution is 2.40. The Hall–Kier alpha value is -3.93. The molecule has 1 aliphatic heterocycles. The minimum Gasteiger partial charge on any atom is -0.507 e. The summed E-state index contributed by atoms with van der Waals surface area (Å²) in [6.07, 6.45) is 0.437. The lowest BCUT2D eigenvalue weighted by Gasteiger charge is -2.26. The summed E-state index contributed by atoms with van der Waals surface area (Å²) in [6.45, 7) is 10.9. The molecule has 4 rings (SSSR count). The Kier molecular flexibility index (Phi) is 7.72.